The van der Waals surface area contributed by atoms with Gasteiger partial charge in [-0.15, -0.1) is 0 Å². The van der Waals surface area contributed by atoms with Crippen LogP contribution in [0.25, 0.3) is 0 Å². The molecule has 0 saturated heterocycles. The van der Waals surface area contributed by atoms with Gasteiger partial charge in [0.05, 0.1) is 5.97 Å². The van der Waals surface area contributed by atoms with E-state index < -0.39 is 36.4 Å². The summed E-state index contributed by atoms with van der Waals surface area (Å²) in [5.41, 5.74) is -2.97. The van der Waals surface area contributed by atoms with Gasteiger partial charge in [0.2, 0.25) is 0 Å². The molecule has 0 aliphatic carbocycles. The Balaban J connectivity index is -0.000000720. The summed E-state index contributed by atoms with van der Waals surface area (Å²) in [6.07, 6.45) is -2.72. The molecule has 0 atom stereocenters. The molecule has 0 aliphatic heterocycles. The van der Waals surface area contributed by atoms with Gasteiger partial charge in [0, 0.05) is 24.8 Å². The fourth-order valence-electron chi connectivity index (χ4n) is 0.684. The van der Waals surface area contributed by atoms with Gasteiger partial charge in [0.1, 0.15) is 5.60 Å². The van der Waals surface area contributed by atoms with Crippen LogP contribution >= 0.6 is 0 Å². The molecule has 0 heterocycles. The number of hydrogen-bond acceptors (Lipinski definition) is 7. The van der Waals surface area contributed by atoms with Crippen molar-refractivity contribution in [2.75, 3.05) is 0 Å². The first-order valence-electron chi connectivity index (χ1n) is 3.11. The zero-order valence-electron chi connectivity index (χ0n) is 7.76. The maximum Gasteiger partial charge on any atom is 2.00 e. The van der Waals surface area contributed by atoms with Gasteiger partial charge in [0.15, 0.2) is 0 Å². The van der Waals surface area contributed by atoms with Crippen molar-refractivity contribution in [3.05, 3.63) is 0 Å². The number of rotatable bonds is 5. The van der Waals surface area contributed by atoms with Crippen LogP contribution in [-0.4, -0.2) is 28.6 Å². The number of quaternary nitrogens is 1. The van der Waals surface area contributed by atoms with Crippen LogP contribution in [0, 0.1) is 0 Å². The Labute approximate surface area is 96.4 Å². The van der Waals surface area contributed by atoms with E-state index in [0.717, 1.165) is 0 Å². The number of carboxylic acids is 3. The molecule has 15 heavy (non-hydrogen) atoms. The van der Waals surface area contributed by atoms with E-state index in [-0.39, 0.29) is 24.7 Å². The van der Waals surface area contributed by atoms with Gasteiger partial charge in [0.25, 0.3) is 0 Å². The van der Waals surface area contributed by atoms with Crippen molar-refractivity contribution in [3.63, 3.8) is 0 Å². The van der Waals surface area contributed by atoms with Crippen LogP contribution in [-0.2, 0) is 32.9 Å². The Hall–Kier alpha value is -1.09. The van der Waals surface area contributed by atoms with Crippen LogP contribution in [0.1, 0.15) is 12.8 Å². The number of aliphatic carboxylic acids is 3. The van der Waals surface area contributed by atoms with Gasteiger partial charge in [-0.2, -0.15) is 0 Å². The molecule has 0 unspecified atom stereocenters. The second-order valence-corrected chi connectivity index (χ2v) is 2.42. The van der Waals surface area contributed by atoms with Crippen molar-refractivity contribution in [2.45, 2.75) is 18.4 Å². The Bertz CT molecular complexity index is 238. The SMILES string of the molecule is O=C([O-])CC(O)(CC(=O)[O-])C(=O)[O-].[NH4+].[V+2]. The average molecular weight is 258 g/mol. The van der Waals surface area contributed by atoms with E-state index in [4.69, 9.17) is 5.11 Å². The molecule has 0 aromatic rings. The fraction of sp³-hybridized carbons (Fsp3) is 0.500. The molecular formula is C6H9NO7V. The second-order valence-electron chi connectivity index (χ2n) is 2.42. The number of hydrogen-bond donors (Lipinski definition) is 2. The summed E-state index contributed by atoms with van der Waals surface area (Å²) < 4.78 is 0. The van der Waals surface area contributed by atoms with Crippen LogP contribution in [0.3, 0.4) is 0 Å². The predicted molar refractivity (Wildman–Crippen MR) is 35.2 cm³/mol. The van der Waals surface area contributed by atoms with Crippen LogP contribution in [0.2, 0.25) is 0 Å². The fourth-order valence-corrected chi connectivity index (χ4v) is 0.684. The minimum atomic E-state index is -2.97. The average Bonchev–Trinajstić information content (AvgIpc) is 1.82. The van der Waals surface area contributed by atoms with E-state index >= 15 is 0 Å². The van der Waals surface area contributed by atoms with Gasteiger partial charge in [-0.25, -0.2) is 0 Å². The van der Waals surface area contributed by atoms with Gasteiger partial charge in [-0.3, -0.25) is 0 Å². The number of aliphatic hydroxyl groups is 1. The third-order valence-electron chi connectivity index (χ3n) is 1.25. The Kier molecular flexibility index (Phi) is 9.40. The van der Waals surface area contributed by atoms with Crippen molar-refractivity contribution in [1.82, 2.24) is 6.15 Å². The Morgan fingerprint density at radius 1 is 1.00 bits per heavy atom. The molecule has 9 heteroatoms. The van der Waals surface area contributed by atoms with Crippen molar-refractivity contribution >= 4 is 17.9 Å². The van der Waals surface area contributed by atoms with Gasteiger partial charge < -0.3 is 41.0 Å². The van der Waals surface area contributed by atoms with E-state index in [1.54, 1.807) is 0 Å². The Morgan fingerprint density at radius 3 is 1.40 bits per heavy atom. The topological polar surface area (TPSA) is 177 Å². The summed E-state index contributed by atoms with van der Waals surface area (Å²) in [6.45, 7) is 0. The molecule has 1 radical (unpaired) electrons. The zero-order valence-corrected chi connectivity index (χ0v) is 9.15. The summed E-state index contributed by atoms with van der Waals surface area (Å²) in [6, 6.07) is 0. The predicted octanol–water partition coefficient (Wildman–Crippen LogP) is -4.88. The van der Waals surface area contributed by atoms with E-state index in [1.807, 2.05) is 0 Å². The number of carboxylic acid groups (broad SMARTS) is 3. The molecule has 0 fully saturated rings. The molecule has 5 N–H and O–H groups in total. The normalized spacial score (nSPS) is 9.40. The summed E-state index contributed by atoms with van der Waals surface area (Å²) >= 11 is 0. The van der Waals surface area contributed by atoms with Crippen LogP contribution in [0.4, 0.5) is 0 Å². The molecule has 85 valence electrons. The van der Waals surface area contributed by atoms with Crippen LogP contribution in [0.15, 0.2) is 0 Å². The van der Waals surface area contributed by atoms with Gasteiger partial charge in [-0.1, -0.05) is 0 Å². The van der Waals surface area contributed by atoms with E-state index in [0.29, 0.717) is 0 Å². The number of carbonyl (C=O) groups is 3. The third kappa shape index (κ3) is 6.92. The summed E-state index contributed by atoms with van der Waals surface area (Å²) in [5.74, 6) is -5.98. The molecule has 0 rings (SSSR count). The smallest absolute Gasteiger partial charge is 0.550 e. The molecule has 8 nitrogen and oxygen atoms in total. The maximum absolute atomic E-state index is 10.1. The quantitative estimate of drug-likeness (QED) is 0.496. The van der Waals surface area contributed by atoms with Crippen LogP contribution < -0.4 is 21.5 Å². The van der Waals surface area contributed by atoms with Gasteiger partial charge >= 0.3 is 18.6 Å². The van der Waals surface area contributed by atoms with Crippen molar-refractivity contribution in [3.8, 4) is 0 Å². The third-order valence-corrected chi connectivity index (χ3v) is 1.25. The first-order chi connectivity index (χ1) is 5.78. The zero-order chi connectivity index (χ0) is 10.6. The molecule has 0 spiro atoms. The molecule has 0 aliphatic rings. The van der Waals surface area contributed by atoms with E-state index in [9.17, 15) is 29.7 Å². The Morgan fingerprint density at radius 2 is 1.27 bits per heavy atom. The molecule has 0 amide bonds. The molecule has 0 bridgehead atoms. The minimum absolute atomic E-state index is 0. The largest absolute Gasteiger partial charge is 2.00 e. The summed E-state index contributed by atoms with van der Waals surface area (Å²) in [4.78, 5) is 30.0. The van der Waals surface area contributed by atoms with Gasteiger partial charge in [-0.05, 0) is 0 Å². The van der Waals surface area contributed by atoms with Crippen molar-refractivity contribution in [2.24, 2.45) is 0 Å². The first-order valence-corrected chi connectivity index (χ1v) is 3.11. The molecular weight excluding hydrogens is 249 g/mol. The monoisotopic (exact) mass is 258 g/mol. The van der Waals surface area contributed by atoms with Crippen LogP contribution in [0.5, 0.6) is 0 Å². The van der Waals surface area contributed by atoms with Crippen molar-refractivity contribution < 1.29 is 53.4 Å². The molecule has 0 aromatic carbocycles. The minimum Gasteiger partial charge on any atom is -0.550 e. The maximum atomic E-state index is 10.1. The van der Waals surface area contributed by atoms with Crippen molar-refractivity contribution in [1.29, 1.82) is 0 Å². The molecule has 0 saturated carbocycles. The van der Waals surface area contributed by atoms with E-state index in [2.05, 4.69) is 0 Å². The number of carbonyl (C=O) groups excluding carboxylic acids is 3. The summed E-state index contributed by atoms with van der Waals surface area (Å²) in [5, 5.41) is 38.9. The van der Waals surface area contributed by atoms with E-state index in [1.165, 1.54) is 0 Å². The summed E-state index contributed by atoms with van der Waals surface area (Å²) in [7, 11) is 0. The molecule has 0 aromatic heterocycles. The second kappa shape index (κ2) is 7.24. The first kappa shape index (κ1) is 19.5. The standard InChI is InChI=1S/C6H8O7.H3N.V/c7-3(8)1-6(13,5(11)12)2-4(9)10;;/h13H,1-2H2,(H,7,8)(H,9,10)(H,11,12);1H3;/q;;+2/p-2.